The van der Waals surface area contributed by atoms with Gasteiger partial charge in [-0.1, -0.05) is 52.3 Å². The zero-order valence-corrected chi connectivity index (χ0v) is 19.3. The van der Waals surface area contributed by atoms with Gasteiger partial charge in [0.1, 0.15) is 11.3 Å². The second-order valence-corrected chi connectivity index (χ2v) is 8.22. The number of hydrogen-bond donors (Lipinski definition) is 2. The van der Waals surface area contributed by atoms with Crippen LogP contribution in [0.1, 0.15) is 11.1 Å². The van der Waals surface area contributed by atoms with Crippen molar-refractivity contribution < 1.29 is 19.1 Å². The standard InChI is InChI=1S/C25H20BrN3O4/c1-16-7-5-6-10-21(16)27-23(30)15-33-22-12-11-18(26)13-17(22)14-20-24(31)28-29(25(20)32)19-8-3-2-4-9-19/h2-14H,15H2,1H3,(H,27,30)(H,28,31)/b20-14-. The lowest BCUT2D eigenvalue weighted by Gasteiger charge is -2.14. The molecular weight excluding hydrogens is 486 g/mol. The smallest absolute Gasteiger partial charge is 0.282 e. The first kappa shape index (κ1) is 22.3. The van der Waals surface area contributed by atoms with Gasteiger partial charge < -0.3 is 10.1 Å². The molecule has 8 heteroatoms. The molecule has 1 aliphatic rings. The maximum Gasteiger partial charge on any atom is 0.282 e. The minimum absolute atomic E-state index is 0.0360. The second-order valence-electron chi connectivity index (χ2n) is 7.31. The quantitative estimate of drug-likeness (QED) is 0.387. The van der Waals surface area contributed by atoms with Gasteiger partial charge in [0, 0.05) is 15.7 Å². The molecule has 0 saturated carbocycles. The summed E-state index contributed by atoms with van der Waals surface area (Å²) in [4.78, 5) is 37.8. The first-order valence-electron chi connectivity index (χ1n) is 10.1. The van der Waals surface area contributed by atoms with E-state index < -0.39 is 11.8 Å². The Labute approximate surface area is 199 Å². The molecule has 1 aliphatic heterocycles. The van der Waals surface area contributed by atoms with Crippen LogP contribution in [0.4, 0.5) is 11.4 Å². The van der Waals surface area contributed by atoms with E-state index in [1.54, 1.807) is 42.5 Å². The number of amides is 3. The van der Waals surface area contributed by atoms with Crippen LogP contribution in [0.15, 0.2) is 82.8 Å². The number of anilines is 2. The van der Waals surface area contributed by atoms with Crippen molar-refractivity contribution in [1.82, 2.24) is 5.43 Å². The highest BCUT2D eigenvalue weighted by Crippen LogP contribution is 2.28. The van der Waals surface area contributed by atoms with Crippen molar-refractivity contribution in [2.24, 2.45) is 0 Å². The summed E-state index contributed by atoms with van der Waals surface area (Å²) < 4.78 is 6.46. The molecule has 1 saturated heterocycles. The number of halogens is 1. The highest BCUT2D eigenvalue weighted by atomic mass is 79.9. The van der Waals surface area contributed by atoms with Gasteiger partial charge in [0.25, 0.3) is 17.7 Å². The van der Waals surface area contributed by atoms with Gasteiger partial charge in [-0.05, 0) is 55.0 Å². The molecule has 0 atom stereocenters. The number of carbonyl (C=O) groups is 3. The molecular formula is C25H20BrN3O4. The zero-order valence-electron chi connectivity index (χ0n) is 17.7. The summed E-state index contributed by atoms with van der Waals surface area (Å²) in [6.07, 6.45) is 1.46. The van der Waals surface area contributed by atoms with Crippen LogP contribution in [-0.4, -0.2) is 24.3 Å². The number of nitrogens with zero attached hydrogens (tertiary/aromatic N) is 1. The Morgan fingerprint density at radius 2 is 1.79 bits per heavy atom. The molecule has 1 fully saturated rings. The van der Waals surface area contributed by atoms with Crippen LogP contribution >= 0.6 is 15.9 Å². The van der Waals surface area contributed by atoms with E-state index in [9.17, 15) is 14.4 Å². The van der Waals surface area contributed by atoms with Crippen LogP contribution < -0.4 is 20.5 Å². The fraction of sp³-hybridized carbons (Fsp3) is 0.0800. The maximum atomic E-state index is 12.9. The Morgan fingerprint density at radius 3 is 2.55 bits per heavy atom. The topological polar surface area (TPSA) is 87.7 Å². The van der Waals surface area contributed by atoms with Gasteiger partial charge >= 0.3 is 0 Å². The van der Waals surface area contributed by atoms with E-state index in [0.29, 0.717) is 22.7 Å². The summed E-state index contributed by atoms with van der Waals surface area (Å²) in [5, 5.41) is 4.01. The van der Waals surface area contributed by atoms with Gasteiger partial charge in [-0.25, -0.2) is 5.01 Å². The number of rotatable bonds is 6. The van der Waals surface area contributed by atoms with Crippen molar-refractivity contribution in [3.05, 3.63) is 94.0 Å². The summed E-state index contributed by atoms with van der Waals surface area (Å²) in [5.41, 5.74) is 5.22. The number of aryl methyl sites for hydroxylation is 1. The van der Waals surface area contributed by atoms with Crippen LogP contribution in [0.3, 0.4) is 0 Å². The molecule has 7 nitrogen and oxygen atoms in total. The third-order valence-electron chi connectivity index (χ3n) is 4.96. The van der Waals surface area contributed by atoms with Crippen molar-refractivity contribution in [2.75, 3.05) is 16.9 Å². The van der Waals surface area contributed by atoms with Crippen molar-refractivity contribution in [2.45, 2.75) is 6.92 Å². The van der Waals surface area contributed by atoms with Crippen molar-refractivity contribution >= 4 is 51.1 Å². The van der Waals surface area contributed by atoms with Crippen molar-refractivity contribution in [3.8, 4) is 5.75 Å². The average Bonchev–Trinajstić information content (AvgIpc) is 3.09. The molecule has 3 aromatic carbocycles. The number of ether oxygens (including phenoxy) is 1. The third kappa shape index (κ3) is 5.12. The maximum absolute atomic E-state index is 12.9. The molecule has 0 radical (unpaired) electrons. The van der Waals surface area contributed by atoms with Crippen LogP contribution in [0.5, 0.6) is 5.75 Å². The molecule has 4 rings (SSSR count). The first-order chi connectivity index (χ1) is 15.9. The van der Waals surface area contributed by atoms with Gasteiger partial charge in [0.15, 0.2) is 6.61 Å². The highest BCUT2D eigenvalue weighted by Gasteiger charge is 2.34. The van der Waals surface area contributed by atoms with Gasteiger partial charge in [-0.2, -0.15) is 0 Å². The Morgan fingerprint density at radius 1 is 1.06 bits per heavy atom. The minimum atomic E-state index is -0.521. The summed E-state index contributed by atoms with van der Waals surface area (Å²) in [6.45, 7) is 1.67. The van der Waals surface area contributed by atoms with Gasteiger partial charge in [0.2, 0.25) is 0 Å². The molecule has 0 unspecified atom stereocenters. The van der Waals surface area contributed by atoms with Crippen molar-refractivity contribution in [3.63, 3.8) is 0 Å². The molecule has 1 heterocycles. The molecule has 33 heavy (non-hydrogen) atoms. The predicted octanol–water partition coefficient (Wildman–Crippen LogP) is 4.24. The molecule has 0 aromatic heterocycles. The summed E-state index contributed by atoms with van der Waals surface area (Å²) >= 11 is 3.40. The van der Waals surface area contributed by atoms with E-state index in [1.165, 1.54) is 11.1 Å². The molecule has 0 aliphatic carbocycles. The molecule has 166 valence electrons. The highest BCUT2D eigenvalue weighted by molar-refractivity contribution is 9.10. The van der Waals surface area contributed by atoms with Crippen LogP contribution in [0.25, 0.3) is 6.08 Å². The first-order valence-corrected chi connectivity index (χ1v) is 10.9. The lowest BCUT2D eigenvalue weighted by atomic mass is 10.1. The predicted molar refractivity (Wildman–Crippen MR) is 129 cm³/mol. The monoisotopic (exact) mass is 505 g/mol. The summed E-state index contributed by atoms with van der Waals surface area (Å²) in [5.74, 6) is -0.957. The third-order valence-corrected chi connectivity index (χ3v) is 5.45. The largest absolute Gasteiger partial charge is 0.483 e. The van der Waals surface area contributed by atoms with E-state index in [4.69, 9.17) is 4.74 Å². The Bertz CT molecular complexity index is 1260. The Balaban J connectivity index is 1.53. The van der Waals surface area contributed by atoms with Crippen LogP contribution in [0.2, 0.25) is 0 Å². The second kappa shape index (κ2) is 9.70. The number of hydrogen-bond acceptors (Lipinski definition) is 4. The lowest BCUT2D eigenvalue weighted by molar-refractivity contribution is -0.118. The van der Waals surface area contributed by atoms with Crippen LogP contribution in [-0.2, 0) is 14.4 Å². The van der Waals surface area contributed by atoms with E-state index in [-0.39, 0.29) is 18.1 Å². The zero-order chi connectivity index (χ0) is 23.4. The molecule has 0 bridgehead atoms. The van der Waals surface area contributed by atoms with E-state index in [2.05, 4.69) is 26.7 Å². The Kier molecular flexibility index (Phi) is 6.55. The van der Waals surface area contributed by atoms with Crippen molar-refractivity contribution in [1.29, 1.82) is 0 Å². The van der Waals surface area contributed by atoms with E-state index in [0.717, 1.165) is 10.0 Å². The number of carbonyl (C=O) groups excluding carboxylic acids is 3. The fourth-order valence-corrected chi connectivity index (χ4v) is 3.66. The fourth-order valence-electron chi connectivity index (χ4n) is 3.28. The molecule has 3 amide bonds. The normalized spacial score (nSPS) is 14.4. The van der Waals surface area contributed by atoms with Gasteiger partial charge in [-0.15, -0.1) is 0 Å². The molecule has 3 aromatic rings. The lowest BCUT2D eigenvalue weighted by Crippen LogP contribution is -2.35. The van der Waals surface area contributed by atoms with Gasteiger partial charge in [-0.3, -0.25) is 19.8 Å². The molecule has 0 spiro atoms. The Hall–Kier alpha value is -3.91. The number of benzene rings is 3. The SMILES string of the molecule is Cc1ccccc1NC(=O)COc1ccc(Br)cc1/C=C1/C(=O)NN(c2ccccc2)C1=O. The van der Waals surface area contributed by atoms with Crippen LogP contribution in [0, 0.1) is 6.92 Å². The van der Waals surface area contributed by atoms with E-state index in [1.807, 2.05) is 37.3 Å². The van der Waals surface area contributed by atoms with Gasteiger partial charge in [0.05, 0.1) is 5.69 Å². The summed E-state index contributed by atoms with van der Waals surface area (Å²) in [7, 11) is 0. The average molecular weight is 506 g/mol. The minimum Gasteiger partial charge on any atom is -0.483 e. The number of nitrogens with one attached hydrogen (secondary N) is 2. The summed E-state index contributed by atoms with van der Waals surface area (Å²) in [6, 6.07) is 21.4. The number of hydrazine groups is 1. The molecule has 2 N–H and O–H groups in total. The number of para-hydroxylation sites is 2. The van der Waals surface area contributed by atoms with E-state index >= 15 is 0 Å².